The van der Waals surface area contributed by atoms with Crippen molar-refractivity contribution in [3.63, 3.8) is 0 Å². The number of esters is 1. The number of nitrogens with zero attached hydrogens (tertiary/aromatic N) is 1. The number of carbonyl (C=O) groups is 1. The van der Waals surface area contributed by atoms with Crippen molar-refractivity contribution in [2.24, 2.45) is 0 Å². The molecule has 0 aliphatic heterocycles. The van der Waals surface area contributed by atoms with Gasteiger partial charge in [-0.25, -0.2) is 13.4 Å². The van der Waals surface area contributed by atoms with Gasteiger partial charge >= 0.3 is 5.97 Å². The molecule has 1 aromatic carbocycles. The van der Waals surface area contributed by atoms with Gasteiger partial charge in [0.2, 0.25) is 0 Å². The van der Waals surface area contributed by atoms with E-state index in [4.69, 9.17) is 16.3 Å². The van der Waals surface area contributed by atoms with Crippen molar-refractivity contribution >= 4 is 54.8 Å². The van der Waals surface area contributed by atoms with Crippen LogP contribution in [0.25, 0.3) is 10.1 Å². The standard InChI is InChI=1S/C18H17ClN2O4S2/c1-3-25-17(22)10-13-5-4-6-16(20-13)21-27(23,24)18-11(2)14-9-12(19)7-8-15(14)26-18/h4-9H,3,10H2,1-2H3,(H,20,21). The predicted octanol–water partition coefficient (Wildman–Crippen LogP) is 4.16. The molecule has 142 valence electrons. The Hall–Kier alpha value is -2.16. The highest BCUT2D eigenvalue weighted by Gasteiger charge is 2.22. The highest BCUT2D eigenvalue weighted by molar-refractivity contribution is 7.94. The summed E-state index contributed by atoms with van der Waals surface area (Å²) in [6, 6.07) is 10.1. The molecular weight excluding hydrogens is 408 g/mol. The largest absolute Gasteiger partial charge is 0.466 e. The maximum absolute atomic E-state index is 12.8. The van der Waals surface area contributed by atoms with Crippen molar-refractivity contribution in [3.05, 3.63) is 52.7 Å². The monoisotopic (exact) mass is 424 g/mol. The number of ether oxygens (including phenoxy) is 1. The molecule has 27 heavy (non-hydrogen) atoms. The fourth-order valence-corrected chi connectivity index (χ4v) is 5.53. The van der Waals surface area contributed by atoms with Crippen LogP contribution in [0.15, 0.2) is 40.6 Å². The summed E-state index contributed by atoms with van der Waals surface area (Å²) < 4.78 is 34.1. The molecule has 0 radical (unpaired) electrons. The van der Waals surface area contributed by atoms with Gasteiger partial charge in [-0.1, -0.05) is 17.7 Å². The van der Waals surface area contributed by atoms with Gasteiger partial charge in [0.1, 0.15) is 10.0 Å². The van der Waals surface area contributed by atoms with Crippen LogP contribution in [0.2, 0.25) is 5.02 Å². The second-order valence-electron chi connectivity index (χ2n) is 5.76. The molecule has 0 amide bonds. The second kappa shape index (κ2) is 7.84. The molecule has 0 bridgehead atoms. The van der Waals surface area contributed by atoms with Gasteiger partial charge in [0, 0.05) is 9.72 Å². The number of aryl methyl sites for hydroxylation is 1. The molecule has 2 aromatic heterocycles. The first-order chi connectivity index (χ1) is 12.8. The molecule has 0 unspecified atom stereocenters. The number of thiophene rings is 1. The summed E-state index contributed by atoms with van der Waals surface area (Å²) in [6.07, 6.45) is -0.0240. The topological polar surface area (TPSA) is 85.4 Å². The number of anilines is 1. The zero-order chi connectivity index (χ0) is 19.6. The second-order valence-corrected chi connectivity index (χ2v) is 9.12. The average Bonchev–Trinajstić information content (AvgIpc) is 2.92. The fourth-order valence-electron chi connectivity index (χ4n) is 2.61. The first kappa shape index (κ1) is 19.6. The van der Waals surface area contributed by atoms with E-state index in [1.165, 1.54) is 17.4 Å². The van der Waals surface area contributed by atoms with Crippen LogP contribution in [0.3, 0.4) is 0 Å². The van der Waals surface area contributed by atoms with Gasteiger partial charge in [-0.15, -0.1) is 11.3 Å². The van der Waals surface area contributed by atoms with Crippen molar-refractivity contribution in [2.45, 2.75) is 24.5 Å². The minimum atomic E-state index is -3.83. The fraction of sp³-hybridized carbons (Fsp3) is 0.222. The van der Waals surface area contributed by atoms with Gasteiger partial charge in [-0.3, -0.25) is 9.52 Å². The van der Waals surface area contributed by atoms with E-state index in [1.54, 1.807) is 44.2 Å². The van der Waals surface area contributed by atoms with E-state index >= 15 is 0 Å². The van der Waals surface area contributed by atoms with E-state index in [1.807, 2.05) is 0 Å². The predicted molar refractivity (Wildman–Crippen MR) is 107 cm³/mol. The number of fused-ring (bicyclic) bond motifs is 1. The Morgan fingerprint density at radius 2 is 2.07 bits per heavy atom. The number of aromatic nitrogens is 1. The molecule has 0 saturated carbocycles. The molecule has 0 spiro atoms. The smallest absolute Gasteiger partial charge is 0.311 e. The van der Waals surface area contributed by atoms with Gasteiger partial charge in [0.05, 0.1) is 18.7 Å². The Balaban J connectivity index is 1.89. The summed E-state index contributed by atoms with van der Waals surface area (Å²) in [5.41, 5.74) is 1.06. The lowest BCUT2D eigenvalue weighted by Gasteiger charge is -2.08. The lowest BCUT2D eigenvalue weighted by molar-refractivity contribution is -0.142. The first-order valence-electron chi connectivity index (χ1n) is 8.13. The molecule has 0 aliphatic carbocycles. The number of rotatable bonds is 6. The maximum Gasteiger partial charge on any atom is 0.311 e. The number of benzene rings is 1. The number of pyridine rings is 1. The summed E-state index contributed by atoms with van der Waals surface area (Å²) in [7, 11) is -3.83. The van der Waals surface area contributed by atoms with E-state index in [2.05, 4.69) is 9.71 Å². The first-order valence-corrected chi connectivity index (χ1v) is 10.8. The number of carbonyl (C=O) groups excluding carboxylic acids is 1. The van der Waals surface area contributed by atoms with Crippen molar-refractivity contribution in [2.75, 3.05) is 11.3 Å². The quantitative estimate of drug-likeness (QED) is 0.600. The maximum atomic E-state index is 12.8. The third kappa shape index (κ3) is 4.40. The third-order valence-electron chi connectivity index (χ3n) is 3.78. The highest BCUT2D eigenvalue weighted by atomic mass is 35.5. The molecule has 3 rings (SSSR count). The Bertz CT molecular complexity index is 1110. The molecular formula is C18H17ClN2O4S2. The minimum Gasteiger partial charge on any atom is -0.466 e. The Labute approximate surface area is 166 Å². The zero-order valence-corrected chi connectivity index (χ0v) is 17.0. The van der Waals surface area contributed by atoms with E-state index < -0.39 is 16.0 Å². The lowest BCUT2D eigenvalue weighted by Crippen LogP contribution is -2.15. The summed E-state index contributed by atoms with van der Waals surface area (Å²) in [6.45, 7) is 3.74. The Kier molecular flexibility index (Phi) is 5.69. The third-order valence-corrected chi connectivity index (χ3v) is 7.26. The van der Waals surface area contributed by atoms with Gasteiger partial charge in [0.15, 0.2) is 0 Å². The van der Waals surface area contributed by atoms with E-state index in [-0.39, 0.29) is 23.1 Å². The minimum absolute atomic E-state index is 0.0240. The van der Waals surface area contributed by atoms with Gasteiger partial charge in [-0.2, -0.15) is 0 Å². The SMILES string of the molecule is CCOC(=O)Cc1cccc(NS(=O)(=O)c2sc3ccc(Cl)cc3c2C)n1. The van der Waals surface area contributed by atoms with Crippen LogP contribution in [0, 0.1) is 6.92 Å². The normalized spacial score (nSPS) is 11.5. The molecule has 2 heterocycles. The van der Waals surface area contributed by atoms with Crippen LogP contribution in [0.5, 0.6) is 0 Å². The molecule has 1 N–H and O–H groups in total. The number of hydrogen-bond acceptors (Lipinski definition) is 6. The average molecular weight is 425 g/mol. The zero-order valence-electron chi connectivity index (χ0n) is 14.7. The molecule has 0 saturated heterocycles. The van der Waals surface area contributed by atoms with Gasteiger partial charge < -0.3 is 4.74 Å². The number of sulfonamides is 1. The van der Waals surface area contributed by atoms with E-state index in [0.717, 1.165) is 10.1 Å². The van der Waals surface area contributed by atoms with Crippen LogP contribution in [-0.2, 0) is 26.0 Å². The van der Waals surface area contributed by atoms with Crippen molar-refractivity contribution in [1.29, 1.82) is 0 Å². The number of hydrogen-bond donors (Lipinski definition) is 1. The summed E-state index contributed by atoms with van der Waals surface area (Å²) in [5, 5.41) is 1.35. The van der Waals surface area contributed by atoms with Crippen LogP contribution in [0.1, 0.15) is 18.2 Å². The van der Waals surface area contributed by atoms with Crippen molar-refractivity contribution < 1.29 is 17.9 Å². The highest BCUT2D eigenvalue weighted by Crippen LogP contribution is 2.36. The van der Waals surface area contributed by atoms with Crippen molar-refractivity contribution in [1.82, 2.24) is 4.98 Å². The van der Waals surface area contributed by atoms with Crippen LogP contribution in [-0.4, -0.2) is 26.0 Å². The summed E-state index contributed by atoms with van der Waals surface area (Å²) in [5.74, 6) is -0.270. The van der Waals surface area contributed by atoms with Crippen molar-refractivity contribution in [3.8, 4) is 0 Å². The molecule has 9 heteroatoms. The molecule has 3 aromatic rings. The van der Waals surface area contributed by atoms with Crippen LogP contribution < -0.4 is 4.72 Å². The molecule has 6 nitrogen and oxygen atoms in total. The summed E-state index contributed by atoms with van der Waals surface area (Å²) >= 11 is 7.19. The van der Waals surface area contributed by atoms with Gasteiger partial charge in [0.25, 0.3) is 10.0 Å². The lowest BCUT2D eigenvalue weighted by atomic mass is 10.2. The molecule has 0 fully saturated rings. The molecule has 0 aliphatic rings. The van der Waals surface area contributed by atoms with E-state index in [9.17, 15) is 13.2 Å². The molecule has 0 atom stereocenters. The Morgan fingerprint density at radius 3 is 2.81 bits per heavy atom. The Morgan fingerprint density at radius 1 is 1.30 bits per heavy atom. The number of halogens is 1. The van der Waals surface area contributed by atoms with Crippen LogP contribution in [0.4, 0.5) is 5.82 Å². The summed E-state index contributed by atoms with van der Waals surface area (Å²) in [4.78, 5) is 15.8. The van der Waals surface area contributed by atoms with E-state index in [0.29, 0.717) is 16.3 Å². The van der Waals surface area contributed by atoms with Gasteiger partial charge in [-0.05, 0) is 55.1 Å². The number of nitrogens with one attached hydrogen (secondary N) is 1. The van der Waals surface area contributed by atoms with Crippen LogP contribution >= 0.6 is 22.9 Å².